The Morgan fingerprint density at radius 1 is 0.917 bits per heavy atom. The summed E-state index contributed by atoms with van der Waals surface area (Å²) in [5, 5.41) is 24.4. The number of aliphatic carboxylic acids is 1. The minimum absolute atomic E-state index is 0.147. The third-order valence-corrected chi connectivity index (χ3v) is 5.79. The van der Waals surface area contributed by atoms with Crippen LogP contribution in [-0.2, 0) is 9.53 Å². The predicted octanol–water partition coefficient (Wildman–Crippen LogP) is 6.69. The number of hydrogen-bond acceptors (Lipinski definition) is 5. The molecule has 4 rings (SSSR count). The number of carbonyl (C=O) groups is 2. The van der Waals surface area contributed by atoms with Crippen LogP contribution in [-0.4, -0.2) is 28.4 Å². The van der Waals surface area contributed by atoms with Gasteiger partial charge in [-0.3, -0.25) is 5.32 Å². The van der Waals surface area contributed by atoms with Gasteiger partial charge in [0.2, 0.25) is 0 Å². The Morgan fingerprint density at radius 3 is 2.42 bits per heavy atom. The van der Waals surface area contributed by atoms with E-state index in [1.165, 1.54) is 12.1 Å². The summed E-state index contributed by atoms with van der Waals surface area (Å²) in [5.41, 5.74) is 0.769. The lowest BCUT2D eigenvalue weighted by Crippen LogP contribution is -2.30. The zero-order valence-corrected chi connectivity index (χ0v) is 20.5. The molecule has 0 radical (unpaired) electrons. The van der Waals surface area contributed by atoms with Crippen molar-refractivity contribution in [3.05, 3.63) is 113 Å². The second kappa shape index (κ2) is 11.4. The van der Waals surface area contributed by atoms with Gasteiger partial charge in [-0.1, -0.05) is 70.5 Å². The van der Waals surface area contributed by atoms with E-state index in [0.29, 0.717) is 15.9 Å². The fraction of sp³-hybridized carbons (Fsp3) is 0.0714. The van der Waals surface area contributed by atoms with Crippen LogP contribution < -0.4 is 10.1 Å². The van der Waals surface area contributed by atoms with E-state index < -0.39 is 24.3 Å². The van der Waals surface area contributed by atoms with E-state index in [9.17, 15) is 19.8 Å². The van der Waals surface area contributed by atoms with Gasteiger partial charge in [0.15, 0.2) is 12.2 Å². The Morgan fingerprint density at radius 2 is 1.64 bits per heavy atom. The number of aromatic hydroxyl groups is 1. The van der Waals surface area contributed by atoms with Crippen LogP contribution in [0.3, 0.4) is 0 Å². The van der Waals surface area contributed by atoms with E-state index in [1.807, 2.05) is 36.4 Å². The minimum Gasteiger partial charge on any atom is -0.508 e. The maximum absolute atomic E-state index is 13.1. The summed E-state index contributed by atoms with van der Waals surface area (Å²) in [5.74, 6) is -0.921. The molecule has 0 heterocycles. The second-order valence-corrected chi connectivity index (χ2v) is 8.69. The number of phenols is 1. The fourth-order valence-electron chi connectivity index (χ4n) is 3.69. The van der Waals surface area contributed by atoms with Gasteiger partial charge in [0, 0.05) is 21.5 Å². The van der Waals surface area contributed by atoms with Crippen molar-refractivity contribution in [3.8, 4) is 11.5 Å². The normalized spacial score (nSPS) is 12.7. The number of carboxylic acid groups (broad SMARTS) is 1. The Hall–Kier alpha value is -4.30. The van der Waals surface area contributed by atoms with Gasteiger partial charge in [-0.05, 0) is 47.9 Å². The Kier molecular flexibility index (Phi) is 7.87. The van der Waals surface area contributed by atoms with Crippen LogP contribution in [0.15, 0.2) is 108 Å². The van der Waals surface area contributed by atoms with Gasteiger partial charge >= 0.3 is 12.1 Å². The van der Waals surface area contributed by atoms with E-state index >= 15 is 0 Å². The molecule has 0 saturated carbocycles. The summed E-state index contributed by atoms with van der Waals surface area (Å²) in [6, 6.07) is 26.4. The van der Waals surface area contributed by atoms with Gasteiger partial charge in [0.1, 0.15) is 11.5 Å². The Balaban J connectivity index is 1.70. The molecule has 8 heteroatoms. The number of halogens is 1. The van der Waals surface area contributed by atoms with Gasteiger partial charge in [-0.15, -0.1) is 0 Å². The highest BCUT2D eigenvalue weighted by Crippen LogP contribution is 2.35. The standard InChI is InChI=1S/C28H22BrNO6/c29-19-13-14-24(31)22(17-19)27(25(15-16-26(32)33)35-20-9-2-1-3-10-20)36-28(34)30-23-12-6-8-18-7-4-5-11-21(18)23/h1-17,25,27,31H,(H,30,34)(H,32,33)/b16-15+/t25-,27-/m1/s1. The minimum atomic E-state index is -1.20. The highest BCUT2D eigenvalue weighted by atomic mass is 79.9. The number of carboxylic acids is 1. The van der Waals surface area contributed by atoms with Crippen molar-refractivity contribution in [1.29, 1.82) is 0 Å². The van der Waals surface area contributed by atoms with Crippen molar-refractivity contribution in [3.63, 3.8) is 0 Å². The third-order valence-electron chi connectivity index (χ3n) is 5.30. The first kappa shape index (κ1) is 24.8. The maximum atomic E-state index is 13.1. The number of para-hydroxylation sites is 1. The molecule has 36 heavy (non-hydrogen) atoms. The van der Waals surface area contributed by atoms with E-state index in [1.54, 1.807) is 48.5 Å². The number of carbonyl (C=O) groups excluding carboxylic acids is 1. The van der Waals surface area contributed by atoms with Gasteiger partial charge in [-0.25, -0.2) is 9.59 Å². The van der Waals surface area contributed by atoms with Crippen molar-refractivity contribution < 1.29 is 29.3 Å². The van der Waals surface area contributed by atoms with Crippen molar-refractivity contribution in [2.75, 3.05) is 5.32 Å². The Labute approximate surface area is 215 Å². The number of hydrogen-bond donors (Lipinski definition) is 3. The van der Waals surface area contributed by atoms with Crippen molar-refractivity contribution in [1.82, 2.24) is 0 Å². The zero-order chi connectivity index (χ0) is 25.5. The van der Waals surface area contributed by atoms with Crippen LogP contribution in [0.25, 0.3) is 10.8 Å². The average molecular weight is 548 g/mol. The van der Waals surface area contributed by atoms with Crippen LogP contribution >= 0.6 is 15.9 Å². The quantitative estimate of drug-likeness (QED) is 0.212. The number of nitrogens with one attached hydrogen (secondary N) is 1. The fourth-order valence-corrected chi connectivity index (χ4v) is 4.06. The molecule has 3 N–H and O–H groups in total. The van der Waals surface area contributed by atoms with E-state index in [-0.39, 0.29) is 11.3 Å². The number of benzene rings is 4. The Bertz CT molecular complexity index is 1400. The molecule has 4 aromatic rings. The lowest BCUT2D eigenvalue weighted by atomic mass is 10.0. The number of anilines is 1. The molecule has 0 saturated heterocycles. The van der Waals surface area contributed by atoms with Crippen molar-refractivity contribution in [2.45, 2.75) is 12.2 Å². The van der Waals surface area contributed by atoms with Crippen molar-refractivity contribution >= 4 is 44.5 Å². The molecule has 4 aromatic carbocycles. The monoisotopic (exact) mass is 547 g/mol. The van der Waals surface area contributed by atoms with Crippen LogP contribution in [0.5, 0.6) is 11.5 Å². The number of rotatable bonds is 8. The molecule has 0 aliphatic rings. The molecule has 0 fully saturated rings. The van der Waals surface area contributed by atoms with E-state index in [2.05, 4.69) is 21.2 Å². The first-order valence-corrected chi connectivity index (χ1v) is 11.8. The predicted molar refractivity (Wildman–Crippen MR) is 140 cm³/mol. The number of phenolic OH excluding ortho intramolecular Hbond substituents is 1. The first-order chi connectivity index (χ1) is 17.4. The molecule has 2 atom stereocenters. The van der Waals surface area contributed by atoms with Crippen molar-refractivity contribution in [2.24, 2.45) is 0 Å². The molecular weight excluding hydrogens is 526 g/mol. The molecule has 0 bridgehead atoms. The highest BCUT2D eigenvalue weighted by molar-refractivity contribution is 9.10. The summed E-state index contributed by atoms with van der Waals surface area (Å²) in [6.45, 7) is 0. The molecule has 0 spiro atoms. The molecule has 0 aliphatic carbocycles. The summed E-state index contributed by atoms with van der Waals surface area (Å²) in [7, 11) is 0. The largest absolute Gasteiger partial charge is 0.508 e. The first-order valence-electron chi connectivity index (χ1n) is 11.0. The zero-order valence-electron chi connectivity index (χ0n) is 18.9. The van der Waals surface area contributed by atoms with Gasteiger partial charge in [0.05, 0.1) is 5.69 Å². The summed E-state index contributed by atoms with van der Waals surface area (Å²) >= 11 is 3.37. The van der Waals surface area contributed by atoms with E-state index in [4.69, 9.17) is 9.47 Å². The number of fused-ring (bicyclic) bond motifs is 1. The van der Waals surface area contributed by atoms with Crippen LogP contribution in [0.2, 0.25) is 0 Å². The smallest absolute Gasteiger partial charge is 0.412 e. The number of ether oxygens (including phenoxy) is 2. The van der Waals surface area contributed by atoms with Crippen LogP contribution in [0.1, 0.15) is 11.7 Å². The molecule has 0 aromatic heterocycles. The molecule has 7 nitrogen and oxygen atoms in total. The van der Waals surface area contributed by atoms with E-state index in [0.717, 1.165) is 16.8 Å². The van der Waals surface area contributed by atoms with Gasteiger partial charge in [0.25, 0.3) is 0 Å². The lowest BCUT2D eigenvalue weighted by molar-refractivity contribution is -0.131. The molecule has 182 valence electrons. The van der Waals surface area contributed by atoms with Gasteiger partial charge in [-0.2, -0.15) is 0 Å². The average Bonchev–Trinajstić information content (AvgIpc) is 2.87. The highest BCUT2D eigenvalue weighted by Gasteiger charge is 2.30. The molecule has 0 aliphatic heterocycles. The SMILES string of the molecule is O=C(O)/C=C/[C@@H](Oc1ccccc1)[C@H](OC(=O)Nc1cccc2ccccc12)c1cc(Br)ccc1O. The summed E-state index contributed by atoms with van der Waals surface area (Å²) in [4.78, 5) is 24.4. The third kappa shape index (κ3) is 6.22. The molecular formula is C28H22BrNO6. The molecule has 1 amide bonds. The maximum Gasteiger partial charge on any atom is 0.412 e. The summed E-state index contributed by atoms with van der Waals surface area (Å²) < 4.78 is 12.4. The van der Waals surface area contributed by atoms with Gasteiger partial charge < -0.3 is 19.7 Å². The molecule has 0 unspecified atom stereocenters. The van der Waals surface area contributed by atoms with Crippen LogP contribution in [0, 0.1) is 0 Å². The topological polar surface area (TPSA) is 105 Å². The van der Waals surface area contributed by atoms with Crippen LogP contribution in [0.4, 0.5) is 10.5 Å². The lowest BCUT2D eigenvalue weighted by Gasteiger charge is -2.27. The summed E-state index contributed by atoms with van der Waals surface area (Å²) in [6.07, 6.45) is -0.913. The second-order valence-electron chi connectivity index (χ2n) is 7.77. The number of amides is 1.